The number of nitrogens with zero attached hydrogens (tertiary/aromatic N) is 2. The lowest BCUT2D eigenvalue weighted by atomic mass is 10.3. The Morgan fingerprint density at radius 1 is 1.75 bits per heavy atom. The highest BCUT2D eigenvalue weighted by Crippen LogP contribution is 2.05. The van der Waals surface area contributed by atoms with Gasteiger partial charge in [0.25, 0.3) is 10.0 Å². The Hall–Kier alpha value is -1.45. The van der Waals surface area contributed by atoms with Gasteiger partial charge in [-0.1, -0.05) is 0 Å². The zero-order valence-electron chi connectivity index (χ0n) is 8.49. The molecule has 0 aliphatic rings. The van der Waals surface area contributed by atoms with Gasteiger partial charge in [-0.25, -0.2) is 13.1 Å². The minimum absolute atomic E-state index is 0.0656. The standard InChI is InChI=1S/C7H12N4O4S/c1-11-6(2-3-9-11)16(14,15)10-4-5(12)7(8)13/h2-3,5,10,12H,4H2,1H3,(H2,8,13). The molecular weight excluding hydrogens is 236 g/mol. The molecule has 0 spiro atoms. The van der Waals surface area contributed by atoms with E-state index in [0.29, 0.717) is 0 Å². The van der Waals surface area contributed by atoms with Gasteiger partial charge in [-0.05, 0) is 6.07 Å². The molecule has 1 unspecified atom stereocenters. The van der Waals surface area contributed by atoms with E-state index in [0.717, 1.165) is 4.68 Å². The lowest BCUT2D eigenvalue weighted by molar-refractivity contribution is -0.125. The fourth-order valence-corrected chi connectivity index (χ4v) is 2.15. The molecule has 0 bridgehead atoms. The number of carbonyl (C=O) groups excluding carboxylic acids is 1. The van der Waals surface area contributed by atoms with Crippen molar-refractivity contribution in [1.29, 1.82) is 0 Å². The third-order valence-corrected chi connectivity index (χ3v) is 3.34. The van der Waals surface area contributed by atoms with Crippen LogP contribution in [0.5, 0.6) is 0 Å². The summed E-state index contributed by atoms with van der Waals surface area (Å²) in [6.45, 7) is -0.469. The number of rotatable bonds is 5. The highest BCUT2D eigenvalue weighted by molar-refractivity contribution is 7.89. The van der Waals surface area contributed by atoms with Crippen LogP contribution in [0.1, 0.15) is 0 Å². The summed E-state index contributed by atoms with van der Waals surface area (Å²) in [6.07, 6.45) is -0.234. The van der Waals surface area contributed by atoms with Crippen LogP contribution in [-0.2, 0) is 21.9 Å². The summed E-state index contributed by atoms with van der Waals surface area (Å²) in [7, 11) is -2.34. The molecule has 1 aromatic heterocycles. The fraction of sp³-hybridized carbons (Fsp3) is 0.429. The summed E-state index contributed by atoms with van der Waals surface area (Å²) in [4.78, 5) is 10.5. The summed E-state index contributed by atoms with van der Waals surface area (Å²) >= 11 is 0. The highest BCUT2D eigenvalue weighted by Gasteiger charge is 2.20. The van der Waals surface area contributed by atoms with Crippen LogP contribution in [0.15, 0.2) is 17.3 Å². The first-order chi connectivity index (χ1) is 7.34. The average molecular weight is 248 g/mol. The maximum absolute atomic E-state index is 11.6. The lowest BCUT2D eigenvalue weighted by Gasteiger charge is -2.09. The van der Waals surface area contributed by atoms with Crippen molar-refractivity contribution in [2.45, 2.75) is 11.1 Å². The zero-order valence-corrected chi connectivity index (χ0v) is 9.31. The summed E-state index contributed by atoms with van der Waals surface area (Å²) in [5.41, 5.74) is 4.77. The zero-order chi connectivity index (χ0) is 12.3. The Bertz CT molecular complexity index is 480. The summed E-state index contributed by atoms with van der Waals surface area (Å²) in [5.74, 6) is -0.993. The molecule has 0 fully saturated rings. The van der Waals surface area contributed by atoms with Crippen molar-refractivity contribution in [3.05, 3.63) is 12.3 Å². The number of aromatic nitrogens is 2. The van der Waals surface area contributed by atoms with Gasteiger partial charge in [-0.3, -0.25) is 9.48 Å². The number of hydrogen-bond donors (Lipinski definition) is 3. The second-order valence-electron chi connectivity index (χ2n) is 3.06. The quantitative estimate of drug-likeness (QED) is 0.532. The summed E-state index contributed by atoms with van der Waals surface area (Å²) in [5, 5.41) is 12.7. The second kappa shape index (κ2) is 4.60. The average Bonchev–Trinajstić information content (AvgIpc) is 2.61. The van der Waals surface area contributed by atoms with Gasteiger partial charge in [0.1, 0.15) is 6.10 Å². The molecule has 0 aliphatic heterocycles. The van der Waals surface area contributed by atoms with E-state index in [9.17, 15) is 13.2 Å². The molecule has 1 atom stereocenters. The first-order valence-electron chi connectivity index (χ1n) is 4.29. The molecule has 16 heavy (non-hydrogen) atoms. The van der Waals surface area contributed by atoms with Crippen LogP contribution in [0.2, 0.25) is 0 Å². The molecule has 1 rings (SSSR count). The van der Waals surface area contributed by atoms with Crippen molar-refractivity contribution in [2.24, 2.45) is 12.8 Å². The van der Waals surface area contributed by atoms with Crippen LogP contribution < -0.4 is 10.5 Å². The third-order valence-electron chi connectivity index (χ3n) is 1.85. The molecule has 0 radical (unpaired) electrons. The van der Waals surface area contributed by atoms with E-state index in [1.54, 1.807) is 0 Å². The Labute approximate surface area is 92.1 Å². The fourth-order valence-electron chi connectivity index (χ4n) is 0.989. The topological polar surface area (TPSA) is 127 Å². The first-order valence-corrected chi connectivity index (χ1v) is 5.78. The van der Waals surface area contributed by atoms with Crippen molar-refractivity contribution < 1.29 is 18.3 Å². The minimum atomic E-state index is -3.79. The van der Waals surface area contributed by atoms with Crippen LogP contribution in [0, 0.1) is 0 Å². The van der Waals surface area contributed by atoms with Crippen LogP contribution in [0.3, 0.4) is 0 Å². The lowest BCUT2D eigenvalue weighted by Crippen LogP contribution is -2.40. The number of aliphatic hydroxyl groups is 1. The van der Waals surface area contributed by atoms with Crippen LogP contribution in [0.25, 0.3) is 0 Å². The van der Waals surface area contributed by atoms with Gasteiger partial charge in [-0.2, -0.15) is 5.10 Å². The largest absolute Gasteiger partial charge is 0.382 e. The number of sulfonamides is 1. The number of carbonyl (C=O) groups is 1. The van der Waals surface area contributed by atoms with Gasteiger partial charge in [0.15, 0.2) is 5.03 Å². The van der Waals surface area contributed by atoms with Crippen molar-refractivity contribution in [1.82, 2.24) is 14.5 Å². The van der Waals surface area contributed by atoms with E-state index in [4.69, 9.17) is 10.8 Å². The molecule has 0 saturated carbocycles. The first kappa shape index (κ1) is 12.6. The van der Waals surface area contributed by atoms with Crippen LogP contribution in [0.4, 0.5) is 0 Å². The van der Waals surface area contributed by atoms with E-state index in [1.807, 2.05) is 4.72 Å². The predicted molar refractivity (Wildman–Crippen MR) is 53.6 cm³/mol. The maximum Gasteiger partial charge on any atom is 0.257 e. The third kappa shape index (κ3) is 2.78. The molecular formula is C7H12N4O4S. The van der Waals surface area contributed by atoms with Gasteiger partial charge in [0.05, 0.1) is 6.20 Å². The number of aryl methyl sites for hydroxylation is 1. The van der Waals surface area contributed by atoms with Crippen LogP contribution in [-0.4, -0.2) is 41.9 Å². The number of aliphatic hydroxyl groups excluding tert-OH is 1. The molecule has 9 heteroatoms. The van der Waals surface area contributed by atoms with Gasteiger partial charge >= 0.3 is 0 Å². The smallest absolute Gasteiger partial charge is 0.257 e. The van der Waals surface area contributed by atoms with Crippen molar-refractivity contribution in [3.8, 4) is 0 Å². The van der Waals surface area contributed by atoms with Gasteiger partial charge < -0.3 is 10.8 Å². The normalized spacial score (nSPS) is 13.6. The van der Waals surface area contributed by atoms with E-state index in [2.05, 4.69) is 5.10 Å². The molecule has 0 aliphatic carbocycles. The number of hydrogen-bond acceptors (Lipinski definition) is 5. The number of amides is 1. The molecule has 0 saturated heterocycles. The second-order valence-corrected chi connectivity index (χ2v) is 4.78. The van der Waals surface area contributed by atoms with E-state index < -0.39 is 28.6 Å². The molecule has 0 aromatic carbocycles. The molecule has 4 N–H and O–H groups in total. The van der Waals surface area contributed by atoms with Crippen LogP contribution >= 0.6 is 0 Å². The Balaban J connectivity index is 2.75. The molecule has 8 nitrogen and oxygen atoms in total. The minimum Gasteiger partial charge on any atom is -0.382 e. The molecule has 1 amide bonds. The van der Waals surface area contributed by atoms with Crippen molar-refractivity contribution >= 4 is 15.9 Å². The van der Waals surface area contributed by atoms with E-state index >= 15 is 0 Å². The van der Waals surface area contributed by atoms with E-state index in [-0.39, 0.29) is 5.03 Å². The highest BCUT2D eigenvalue weighted by atomic mass is 32.2. The summed E-state index contributed by atoms with van der Waals surface area (Å²) < 4.78 is 26.4. The van der Waals surface area contributed by atoms with E-state index in [1.165, 1.54) is 19.3 Å². The summed E-state index contributed by atoms with van der Waals surface area (Å²) in [6, 6.07) is 1.29. The van der Waals surface area contributed by atoms with Crippen molar-refractivity contribution in [2.75, 3.05) is 6.54 Å². The monoisotopic (exact) mass is 248 g/mol. The predicted octanol–water partition coefficient (Wildman–Crippen LogP) is -2.46. The number of primary amides is 1. The van der Waals surface area contributed by atoms with Gasteiger partial charge in [-0.15, -0.1) is 0 Å². The Morgan fingerprint density at radius 2 is 2.38 bits per heavy atom. The maximum atomic E-state index is 11.6. The number of nitrogens with one attached hydrogen (secondary N) is 1. The molecule has 1 aromatic rings. The Morgan fingerprint density at radius 3 is 2.81 bits per heavy atom. The SMILES string of the molecule is Cn1nccc1S(=O)(=O)NCC(O)C(N)=O. The van der Waals surface area contributed by atoms with Crippen molar-refractivity contribution in [3.63, 3.8) is 0 Å². The Kier molecular flexibility index (Phi) is 3.62. The number of nitrogens with two attached hydrogens (primary N) is 1. The van der Waals surface area contributed by atoms with Gasteiger partial charge in [0, 0.05) is 13.6 Å². The molecule has 90 valence electrons. The molecule has 1 heterocycles. The van der Waals surface area contributed by atoms with Gasteiger partial charge in [0.2, 0.25) is 5.91 Å².